The monoisotopic (exact) mass is 234 g/mol. The van der Waals surface area contributed by atoms with Gasteiger partial charge in [0.1, 0.15) is 0 Å². The van der Waals surface area contributed by atoms with Crippen molar-refractivity contribution >= 4 is 11.7 Å². The fraction of sp³-hybridized carbons (Fsp3) is 0.538. The lowest BCUT2D eigenvalue weighted by Crippen LogP contribution is -2.14. The molecule has 0 unspecified atom stereocenters. The highest BCUT2D eigenvalue weighted by Crippen LogP contribution is 2.63. The summed E-state index contributed by atoms with van der Waals surface area (Å²) >= 11 is 0. The highest BCUT2D eigenvalue weighted by Gasteiger charge is 2.65. The van der Waals surface area contributed by atoms with Crippen LogP contribution in [0.25, 0.3) is 0 Å². The van der Waals surface area contributed by atoms with Crippen molar-refractivity contribution in [2.24, 2.45) is 10.8 Å². The lowest BCUT2D eigenvalue weighted by molar-refractivity contribution is 0.0691. The zero-order valence-electron chi connectivity index (χ0n) is 10.6. The Morgan fingerprint density at radius 1 is 1.35 bits per heavy atom. The molecule has 1 saturated carbocycles. The molecule has 17 heavy (non-hydrogen) atoms. The summed E-state index contributed by atoms with van der Waals surface area (Å²) in [6.45, 7) is 8.73. The Balaban J connectivity index is 2.25. The molecule has 1 aromatic rings. The first-order chi connectivity index (χ1) is 7.78. The van der Waals surface area contributed by atoms with Crippen LogP contribution < -0.4 is 5.32 Å². The van der Waals surface area contributed by atoms with Gasteiger partial charge in [0.05, 0.1) is 5.69 Å². The zero-order valence-corrected chi connectivity index (χ0v) is 10.6. The molecule has 0 aromatic carbocycles. The van der Waals surface area contributed by atoms with Gasteiger partial charge in [-0.2, -0.15) is 0 Å². The largest absolute Gasteiger partial charge is 0.476 e. The summed E-state index contributed by atoms with van der Waals surface area (Å²) in [5, 5.41) is 12.4. The average molecular weight is 234 g/mol. The van der Waals surface area contributed by atoms with Gasteiger partial charge >= 0.3 is 5.97 Å². The van der Waals surface area contributed by atoms with E-state index in [1.165, 1.54) is 6.20 Å². The minimum absolute atomic E-state index is 0.0889. The quantitative estimate of drug-likeness (QED) is 0.844. The molecule has 1 heterocycles. The first kappa shape index (κ1) is 11.9. The van der Waals surface area contributed by atoms with Crippen molar-refractivity contribution in [2.75, 3.05) is 5.32 Å². The summed E-state index contributed by atoms with van der Waals surface area (Å²) in [4.78, 5) is 14.9. The van der Waals surface area contributed by atoms with Gasteiger partial charge in [-0.1, -0.05) is 27.7 Å². The fourth-order valence-corrected chi connectivity index (χ4v) is 2.40. The van der Waals surface area contributed by atoms with Crippen LogP contribution in [0.2, 0.25) is 0 Å². The van der Waals surface area contributed by atoms with Gasteiger partial charge in [0.2, 0.25) is 0 Å². The zero-order chi connectivity index (χ0) is 12.8. The minimum atomic E-state index is -0.996. The summed E-state index contributed by atoms with van der Waals surface area (Å²) in [7, 11) is 0. The number of hydrogen-bond donors (Lipinski definition) is 2. The number of pyridine rings is 1. The number of nitrogens with zero attached hydrogens (tertiary/aromatic N) is 1. The molecule has 1 aromatic heterocycles. The van der Waals surface area contributed by atoms with Crippen molar-refractivity contribution in [3.63, 3.8) is 0 Å². The normalized spacial score (nSPS) is 20.9. The van der Waals surface area contributed by atoms with Crippen molar-refractivity contribution in [2.45, 2.75) is 33.7 Å². The SMILES string of the molecule is CC1(C)C(Nc2cccnc2C(=O)O)C1(C)C. The van der Waals surface area contributed by atoms with Gasteiger partial charge in [-0.15, -0.1) is 0 Å². The molecule has 2 rings (SSSR count). The minimum Gasteiger partial charge on any atom is -0.476 e. The Labute approximate surface area is 101 Å². The molecule has 0 amide bonds. The number of hydrogen-bond acceptors (Lipinski definition) is 3. The number of carboxylic acids is 1. The molecule has 1 aliphatic carbocycles. The third-order valence-electron chi connectivity index (χ3n) is 4.33. The van der Waals surface area contributed by atoms with E-state index in [0.717, 1.165) is 0 Å². The van der Waals surface area contributed by atoms with Crippen molar-refractivity contribution in [3.05, 3.63) is 24.0 Å². The molecule has 0 atom stereocenters. The topological polar surface area (TPSA) is 62.2 Å². The molecule has 2 N–H and O–H groups in total. The number of aromatic nitrogens is 1. The third-order valence-corrected chi connectivity index (χ3v) is 4.33. The Morgan fingerprint density at radius 3 is 2.41 bits per heavy atom. The van der Waals surface area contributed by atoms with Gasteiger partial charge in [0, 0.05) is 12.2 Å². The third kappa shape index (κ3) is 1.68. The predicted molar refractivity (Wildman–Crippen MR) is 66.2 cm³/mol. The van der Waals surface area contributed by atoms with E-state index < -0.39 is 5.97 Å². The Hall–Kier alpha value is -1.58. The first-order valence-corrected chi connectivity index (χ1v) is 5.73. The second-order valence-corrected chi connectivity index (χ2v) is 5.73. The molecule has 0 saturated heterocycles. The van der Waals surface area contributed by atoms with Crippen LogP contribution in [0.5, 0.6) is 0 Å². The molecule has 4 heteroatoms. The molecule has 0 spiro atoms. The smallest absolute Gasteiger partial charge is 0.356 e. The van der Waals surface area contributed by atoms with Crippen LogP contribution in [0.4, 0.5) is 5.69 Å². The van der Waals surface area contributed by atoms with Crippen molar-refractivity contribution in [3.8, 4) is 0 Å². The lowest BCUT2D eigenvalue weighted by Gasteiger charge is -2.10. The van der Waals surface area contributed by atoms with Crippen LogP contribution in [-0.2, 0) is 0 Å². The van der Waals surface area contributed by atoms with Crippen LogP contribution in [0, 0.1) is 10.8 Å². The van der Waals surface area contributed by atoms with Gasteiger partial charge in [-0.25, -0.2) is 9.78 Å². The standard InChI is InChI=1S/C13H18N2O2/c1-12(2)11(13(12,3)4)15-8-6-5-7-14-9(8)10(16)17/h5-7,11,15H,1-4H3,(H,16,17). The molecule has 4 nitrogen and oxygen atoms in total. The summed E-state index contributed by atoms with van der Waals surface area (Å²) in [5.74, 6) is -0.996. The molecule has 0 aliphatic heterocycles. The van der Waals surface area contributed by atoms with Crippen molar-refractivity contribution in [1.29, 1.82) is 0 Å². The number of nitrogens with one attached hydrogen (secondary N) is 1. The van der Waals surface area contributed by atoms with E-state index in [1.54, 1.807) is 12.1 Å². The van der Waals surface area contributed by atoms with E-state index >= 15 is 0 Å². The van der Waals surface area contributed by atoms with Gasteiger partial charge in [-0.3, -0.25) is 0 Å². The van der Waals surface area contributed by atoms with Crippen LogP contribution in [0.15, 0.2) is 18.3 Å². The van der Waals surface area contributed by atoms with Crippen LogP contribution in [0.3, 0.4) is 0 Å². The van der Waals surface area contributed by atoms with E-state index in [9.17, 15) is 4.79 Å². The summed E-state index contributed by atoms with van der Waals surface area (Å²) in [6.07, 6.45) is 1.50. The number of rotatable bonds is 3. The number of aromatic carboxylic acids is 1. The second kappa shape index (κ2) is 3.45. The molecular formula is C13H18N2O2. The van der Waals surface area contributed by atoms with E-state index in [4.69, 9.17) is 5.11 Å². The highest BCUT2D eigenvalue weighted by molar-refractivity contribution is 5.92. The van der Waals surface area contributed by atoms with E-state index in [1.807, 2.05) is 0 Å². The first-order valence-electron chi connectivity index (χ1n) is 5.73. The van der Waals surface area contributed by atoms with Crippen LogP contribution in [-0.4, -0.2) is 22.1 Å². The van der Waals surface area contributed by atoms with Gasteiger partial charge in [-0.05, 0) is 23.0 Å². The van der Waals surface area contributed by atoms with E-state index in [-0.39, 0.29) is 22.6 Å². The van der Waals surface area contributed by atoms with Crippen LogP contribution >= 0.6 is 0 Å². The summed E-state index contributed by atoms with van der Waals surface area (Å²) in [5.41, 5.74) is 1.02. The Morgan fingerprint density at radius 2 is 1.94 bits per heavy atom. The molecular weight excluding hydrogens is 216 g/mol. The summed E-state index contributed by atoms with van der Waals surface area (Å²) < 4.78 is 0. The van der Waals surface area contributed by atoms with Gasteiger partial charge in [0.25, 0.3) is 0 Å². The maximum Gasteiger partial charge on any atom is 0.356 e. The van der Waals surface area contributed by atoms with Gasteiger partial charge in [0.15, 0.2) is 5.69 Å². The predicted octanol–water partition coefficient (Wildman–Crippen LogP) is 2.63. The maximum absolute atomic E-state index is 11.0. The molecule has 0 radical (unpaired) electrons. The van der Waals surface area contributed by atoms with E-state index in [2.05, 4.69) is 38.0 Å². The molecule has 1 fully saturated rings. The maximum atomic E-state index is 11.0. The van der Waals surface area contributed by atoms with Crippen molar-refractivity contribution < 1.29 is 9.90 Å². The van der Waals surface area contributed by atoms with Crippen molar-refractivity contribution in [1.82, 2.24) is 4.98 Å². The molecule has 92 valence electrons. The molecule has 0 bridgehead atoms. The number of carbonyl (C=O) groups is 1. The lowest BCUT2D eigenvalue weighted by atomic mass is 10.0. The average Bonchev–Trinajstić information content (AvgIpc) is 2.61. The summed E-state index contributed by atoms with van der Waals surface area (Å²) in [6, 6.07) is 3.79. The Kier molecular flexibility index (Phi) is 2.42. The molecule has 1 aliphatic rings. The fourth-order valence-electron chi connectivity index (χ4n) is 2.40. The van der Waals surface area contributed by atoms with E-state index in [0.29, 0.717) is 5.69 Å². The second-order valence-electron chi connectivity index (χ2n) is 5.73. The number of carboxylic acid groups (broad SMARTS) is 1. The highest BCUT2D eigenvalue weighted by atomic mass is 16.4. The van der Waals surface area contributed by atoms with Gasteiger partial charge < -0.3 is 10.4 Å². The number of anilines is 1. The van der Waals surface area contributed by atoms with Crippen LogP contribution in [0.1, 0.15) is 38.2 Å². The Bertz CT molecular complexity index is 452.